The van der Waals surface area contributed by atoms with Crippen LogP contribution >= 0.6 is 0 Å². The zero-order valence-corrected chi connectivity index (χ0v) is 18.9. The molecule has 0 fully saturated rings. The summed E-state index contributed by atoms with van der Waals surface area (Å²) in [4.78, 5) is 16.3. The van der Waals surface area contributed by atoms with Gasteiger partial charge in [0.1, 0.15) is 11.7 Å². The van der Waals surface area contributed by atoms with Gasteiger partial charge in [0.25, 0.3) is 0 Å². The lowest BCUT2D eigenvalue weighted by molar-refractivity contribution is -0.141. The Morgan fingerprint density at radius 1 is 0.970 bits per heavy atom. The number of halogens is 3. The molecule has 0 spiro atoms. The Labute approximate surface area is 192 Å². The summed E-state index contributed by atoms with van der Waals surface area (Å²) in [5, 5.41) is 6.19. The van der Waals surface area contributed by atoms with Gasteiger partial charge in [-0.2, -0.15) is 13.2 Å². The number of pyridine rings is 1. The van der Waals surface area contributed by atoms with Crippen LogP contribution in [-0.4, -0.2) is 17.9 Å². The Morgan fingerprint density at radius 3 is 2.27 bits per heavy atom. The van der Waals surface area contributed by atoms with Gasteiger partial charge in [-0.15, -0.1) is 0 Å². The van der Waals surface area contributed by atoms with Crippen LogP contribution in [0, 0.1) is 13.8 Å². The fourth-order valence-corrected chi connectivity index (χ4v) is 3.69. The summed E-state index contributed by atoms with van der Waals surface area (Å²) in [7, 11) is 1.60. The zero-order chi connectivity index (χ0) is 24.0. The third-order valence-corrected chi connectivity index (χ3v) is 5.78. The van der Waals surface area contributed by atoms with E-state index in [4.69, 9.17) is 0 Å². The molecule has 3 rings (SSSR count). The molecule has 0 saturated heterocycles. The largest absolute Gasteiger partial charge is 0.433 e. The molecule has 0 saturated carbocycles. The number of benzene rings is 2. The maximum atomic E-state index is 12.8. The number of hydrogen-bond donors (Lipinski definition) is 2. The van der Waals surface area contributed by atoms with Crippen LogP contribution in [0.5, 0.6) is 0 Å². The third kappa shape index (κ3) is 6.42. The summed E-state index contributed by atoms with van der Waals surface area (Å²) in [6.45, 7) is 4.07. The normalized spacial score (nSPS) is 13.4. The Bertz CT molecular complexity index is 1070. The number of nitrogens with zero attached hydrogens (tertiary/aromatic N) is 1. The lowest BCUT2D eigenvalue weighted by Crippen LogP contribution is -2.38. The standard InChI is InChI=1S/C26H28F3N3O/c1-17-9-12-21(15-18(17)2)22(13-10-19-11-14-23(31-16-19)26(27,28)29)32-24(25(33)30-3)20-7-5-4-6-8-20/h4-9,11-12,14-16,22,24,32H,10,13H2,1-3H3,(H,30,33)/t22-,24?/m0/s1. The van der Waals surface area contributed by atoms with Crippen LogP contribution in [0.25, 0.3) is 0 Å². The molecule has 3 aromatic rings. The van der Waals surface area contributed by atoms with Gasteiger partial charge >= 0.3 is 6.18 Å². The molecule has 1 amide bonds. The van der Waals surface area contributed by atoms with E-state index in [1.807, 2.05) is 56.3 Å². The van der Waals surface area contributed by atoms with Crippen molar-refractivity contribution in [2.24, 2.45) is 0 Å². The van der Waals surface area contributed by atoms with Crippen LogP contribution in [0.3, 0.4) is 0 Å². The topological polar surface area (TPSA) is 54.0 Å². The summed E-state index contributed by atoms with van der Waals surface area (Å²) < 4.78 is 38.5. The van der Waals surface area contributed by atoms with E-state index < -0.39 is 17.9 Å². The van der Waals surface area contributed by atoms with Gasteiger partial charge in [-0.1, -0.05) is 54.6 Å². The number of hydrogen-bond acceptors (Lipinski definition) is 3. The first-order valence-corrected chi connectivity index (χ1v) is 10.8. The van der Waals surface area contributed by atoms with E-state index in [1.54, 1.807) is 7.05 Å². The van der Waals surface area contributed by atoms with Crippen LogP contribution in [0.15, 0.2) is 66.9 Å². The predicted molar refractivity (Wildman–Crippen MR) is 123 cm³/mol. The predicted octanol–water partition coefficient (Wildman–Crippen LogP) is 5.47. The van der Waals surface area contributed by atoms with Crippen LogP contribution in [0.4, 0.5) is 13.2 Å². The molecule has 0 aliphatic carbocycles. The maximum Gasteiger partial charge on any atom is 0.433 e. The molecule has 4 nitrogen and oxygen atoms in total. The van der Waals surface area contributed by atoms with Crippen molar-refractivity contribution in [1.29, 1.82) is 0 Å². The monoisotopic (exact) mass is 455 g/mol. The molecule has 1 heterocycles. The summed E-state index contributed by atoms with van der Waals surface area (Å²) in [6, 6.07) is 17.3. The third-order valence-electron chi connectivity index (χ3n) is 5.78. The second-order valence-electron chi connectivity index (χ2n) is 8.11. The highest BCUT2D eigenvalue weighted by molar-refractivity contribution is 5.83. The van der Waals surface area contributed by atoms with Crippen molar-refractivity contribution in [3.8, 4) is 0 Å². The average Bonchev–Trinajstić information content (AvgIpc) is 2.81. The number of aryl methyl sites for hydroxylation is 3. The molecule has 1 aromatic heterocycles. The van der Waals surface area contributed by atoms with E-state index in [-0.39, 0.29) is 11.9 Å². The molecular weight excluding hydrogens is 427 g/mol. The first-order chi connectivity index (χ1) is 15.7. The Morgan fingerprint density at radius 2 is 1.70 bits per heavy atom. The number of likely N-dealkylation sites (N-methyl/N-ethyl adjacent to an activating group) is 1. The van der Waals surface area contributed by atoms with E-state index in [2.05, 4.69) is 21.7 Å². The minimum Gasteiger partial charge on any atom is -0.358 e. The summed E-state index contributed by atoms with van der Waals surface area (Å²) in [5.74, 6) is -0.161. The smallest absolute Gasteiger partial charge is 0.358 e. The molecule has 0 aliphatic heterocycles. The van der Waals surface area contributed by atoms with Crippen molar-refractivity contribution in [1.82, 2.24) is 15.6 Å². The van der Waals surface area contributed by atoms with Gasteiger partial charge in [0.2, 0.25) is 5.91 Å². The van der Waals surface area contributed by atoms with Crippen LogP contribution in [-0.2, 0) is 17.4 Å². The van der Waals surface area contributed by atoms with Crippen molar-refractivity contribution in [3.05, 3.63) is 100 Å². The lowest BCUT2D eigenvalue weighted by Gasteiger charge is -2.26. The Kier molecular flexibility index (Phi) is 7.87. The molecule has 2 atom stereocenters. The SMILES string of the molecule is CNC(=O)C(N[C@@H](CCc1ccc(C(F)(F)F)nc1)c1ccc(C)c(C)c1)c1ccccc1. The van der Waals surface area contributed by atoms with Crippen molar-refractivity contribution >= 4 is 5.91 Å². The molecule has 0 bridgehead atoms. The zero-order valence-electron chi connectivity index (χ0n) is 18.9. The summed E-state index contributed by atoms with van der Waals surface area (Å²) in [6.07, 6.45) is -2.10. The molecule has 1 unspecified atom stereocenters. The van der Waals surface area contributed by atoms with E-state index in [0.717, 1.165) is 28.3 Å². The Balaban J connectivity index is 1.87. The number of rotatable bonds is 8. The van der Waals surface area contributed by atoms with Gasteiger partial charge < -0.3 is 5.32 Å². The van der Waals surface area contributed by atoms with Gasteiger partial charge in [0.15, 0.2) is 0 Å². The van der Waals surface area contributed by atoms with Gasteiger partial charge in [0.05, 0.1) is 0 Å². The van der Waals surface area contributed by atoms with Gasteiger partial charge in [-0.05, 0) is 60.6 Å². The minimum absolute atomic E-state index is 0.161. The van der Waals surface area contributed by atoms with E-state index in [1.165, 1.54) is 12.3 Å². The van der Waals surface area contributed by atoms with Crippen molar-refractivity contribution < 1.29 is 18.0 Å². The second-order valence-corrected chi connectivity index (χ2v) is 8.11. The van der Waals surface area contributed by atoms with E-state index in [9.17, 15) is 18.0 Å². The van der Waals surface area contributed by atoms with Crippen molar-refractivity contribution in [2.45, 2.75) is 44.9 Å². The molecule has 2 N–H and O–H groups in total. The van der Waals surface area contributed by atoms with Crippen LogP contribution in [0.2, 0.25) is 0 Å². The number of carbonyl (C=O) groups is 1. The number of amides is 1. The van der Waals surface area contributed by atoms with Crippen molar-refractivity contribution in [2.75, 3.05) is 7.05 Å². The minimum atomic E-state index is -4.46. The second kappa shape index (κ2) is 10.6. The van der Waals surface area contributed by atoms with Crippen LogP contribution in [0.1, 0.15) is 52.0 Å². The number of carbonyl (C=O) groups excluding carboxylic acids is 1. The quantitative estimate of drug-likeness (QED) is 0.474. The highest BCUT2D eigenvalue weighted by atomic mass is 19.4. The molecule has 0 aliphatic rings. The molecule has 7 heteroatoms. The number of aromatic nitrogens is 1. The van der Waals surface area contributed by atoms with Crippen LogP contribution < -0.4 is 10.6 Å². The molecule has 2 aromatic carbocycles. The maximum absolute atomic E-state index is 12.8. The molecular formula is C26H28F3N3O. The van der Waals surface area contributed by atoms with E-state index in [0.29, 0.717) is 18.4 Å². The average molecular weight is 456 g/mol. The highest BCUT2D eigenvalue weighted by Gasteiger charge is 2.32. The summed E-state index contributed by atoms with van der Waals surface area (Å²) in [5.41, 5.74) is 3.94. The van der Waals surface area contributed by atoms with Gasteiger partial charge in [0, 0.05) is 19.3 Å². The van der Waals surface area contributed by atoms with Gasteiger partial charge in [-0.25, -0.2) is 0 Å². The molecule has 0 radical (unpaired) electrons. The molecule has 33 heavy (non-hydrogen) atoms. The number of alkyl halides is 3. The Hall–Kier alpha value is -3.19. The first kappa shape index (κ1) is 24.5. The van der Waals surface area contributed by atoms with Crippen molar-refractivity contribution in [3.63, 3.8) is 0 Å². The summed E-state index contributed by atoms with van der Waals surface area (Å²) >= 11 is 0. The molecule has 174 valence electrons. The highest BCUT2D eigenvalue weighted by Crippen LogP contribution is 2.29. The van der Waals surface area contributed by atoms with Gasteiger partial charge in [-0.3, -0.25) is 15.1 Å². The lowest BCUT2D eigenvalue weighted by atomic mass is 9.94. The fourth-order valence-electron chi connectivity index (χ4n) is 3.69. The first-order valence-electron chi connectivity index (χ1n) is 10.8. The van der Waals surface area contributed by atoms with E-state index >= 15 is 0 Å². The number of nitrogens with one attached hydrogen (secondary N) is 2. The fraction of sp³-hybridized carbons (Fsp3) is 0.308.